The minimum atomic E-state index is -3.35. The number of carbonyl (C=O) groups excluding carboxylic acids is 1. The van der Waals surface area contributed by atoms with E-state index in [1.165, 1.54) is 16.9 Å². The largest absolute Gasteiger partial charge is 0.292 e. The quantitative estimate of drug-likeness (QED) is 0.663. The first-order valence-electron chi connectivity index (χ1n) is 7.77. The predicted octanol–water partition coefficient (Wildman–Crippen LogP) is 1.90. The zero-order valence-corrected chi connectivity index (χ0v) is 15.1. The van der Waals surface area contributed by atoms with Crippen molar-refractivity contribution >= 4 is 21.5 Å². The third kappa shape index (κ3) is 4.31. The molecule has 8 nitrogen and oxygen atoms in total. The second kappa shape index (κ2) is 7.04. The van der Waals surface area contributed by atoms with Crippen LogP contribution in [0, 0.1) is 6.92 Å². The summed E-state index contributed by atoms with van der Waals surface area (Å²) < 4.78 is 24.7. The lowest BCUT2D eigenvalue weighted by Gasteiger charge is -2.05. The van der Waals surface area contributed by atoms with Gasteiger partial charge in [0.2, 0.25) is 15.8 Å². The third-order valence-electron chi connectivity index (χ3n) is 3.63. The first-order chi connectivity index (χ1) is 12.3. The van der Waals surface area contributed by atoms with E-state index in [1.54, 1.807) is 12.1 Å². The molecule has 0 saturated heterocycles. The number of carbonyl (C=O) groups is 1. The number of aromatic nitrogens is 4. The van der Waals surface area contributed by atoms with Gasteiger partial charge in [0.05, 0.1) is 6.26 Å². The first-order valence-corrected chi connectivity index (χ1v) is 9.66. The standard InChI is InChI=1S/C17H17N5O3S/c1-12-5-3-4-6-15(12)17-18-21-22(19-17)11-16(23)13-7-9-14(10-8-13)20-26(2,24)25/h3-10,20H,11H2,1-2H3. The van der Waals surface area contributed by atoms with Crippen LogP contribution >= 0.6 is 0 Å². The van der Waals surface area contributed by atoms with Gasteiger partial charge in [-0.15, -0.1) is 10.2 Å². The van der Waals surface area contributed by atoms with E-state index in [1.807, 2.05) is 31.2 Å². The van der Waals surface area contributed by atoms with Crippen molar-refractivity contribution in [1.82, 2.24) is 20.2 Å². The molecule has 1 N–H and O–H groups in total. The summed E-state index contributed by atoms with van der Waals surface area (Å²) in [5.41, 5.74) is 2.71. The fraction of sp³-hybridized carbons (Fsp3) is 0.176. The van der Waals surface area contributed by atoms with Gasteiger partial charge in [-0.1, -0.05) is 24.3 Å². The third-order valence-corrected chi connectivity index (χ3v) is 4.24. The molecule has 9 heteroatoms. The van der Waals surface area contributed by atoms with Gasteiger partial charge in [-0.25, -0.2) is 8.42 Å². The molecule has 0 unspecified atom stereocenters. The van der Waals surface area contributed by atoms with Crippen LogP contribution in [0.5, 0.6) is 0 Å². The molecule has 0 spiro atoms. The Labute approximate surface area is 150 Å². The molecule has 2 aromatic carbocycles. The van der Waals surface area contributed by atoms with Gasteiger partial charge >= 0.3 is 0 Å². The Morgan fingerprint density at radius 2 is 1.81 bits per heavy atom. The van der Waals surface area contributed by atoms with Crippen molar-refractivity contribution in [1.29, 1.82) is 0 Å². The number of hydrogen-bond donors (Lipinski definition) is 1. The van der Waals surface area contributed by atoms with Gasteiger partial charge in [0.15, 0.2) is 5.78 Å². The van der Waals surface area contributed by atoms with Gasteiger partial charge < -0.3 is 0 Å². The molecule has 0 bridgehead atoms. The summed E-state index contributed by atoms with van der Waals surface area (Å²) in [6.45, 7) is 1.89. The maximum absolute atomic E-state index is 12.4. The minimum absolute atomic E-state index is 0.0578. The molecule has 3 aromatic rings. The average molecular weight is 371 g/mol. The zero-order chi connectivity index (χ0) is 18.7. The van der Waals surface area contributed by atoms with E-state index in [2.05, 4.69) is 20.1 Å². The molecule has 0 aliphatic rings. The lowest BCUT2D eigenvalue weighted by atomic mass is 10.1. The highest BCUT2D eigenvalue weighted by atomic mass is 32.2. The van der Waals surface area contributed by atoms with E-state index in [9.17, 15) is 13.2 Å². The lowest BCUT2D eigenvalue weighted by molar-refractivity contribution is 0.0961. The van der Waals surface area contributed by atoms with Crippen LogP contribution in [-0.2, 0) is 16.6 Å². The van der Waals surface area contributed by atoms with E-state index in [-0.39, 0.29) is 12.3 Å². The fourth-order valence-electron chi connectivity index (χ4n) is 2.40. The van der Waals surface area contributed by atoms with Crippen molar-refractivity contribution in [2.24, 2.45) is 0 Å². The number of sulfonamides is 1. The number of aryl methyl sites for hydroxylation is 1. The number of tetrazole rings is 1. The summed E-state index contributed by atoms with van der Waals surface area (Å²) in [5.74, 6) is 0.258. The molecule has 134 valence electrons. The van der Waals surface area contributed by atoms with Crippen LogP contribution in [0.2, 0.25) is 0 Å². The summed E-state index contributed by atoms with van der Waals surface area (Å²) >= 11 is 0. The molecule has 3 rings (SSSR count). The predicted molar refractivity (Wildman–Crippen MR) is 97.2 cm³/mol. The minimum Gasteiger partial charge on any atom is -0.292 e. The van der Waals surface area contributed by atoms with E-state index in [4.69, 9.17) is 0 Å². The zero-order valence-electron chi connectivity index (χ0n) is 14.2. The van der Waals surface area contributed by atoms with Crippen molar-refractivity contribution in [2.75, 3.05) is 11.0 Å². The maximum atomic E-state index is 12.4. The summed E-state index contributed by atoms with van der Waals surface area (Å²) in [5, 5.41) is 12.2. The molecule has 1 aromatic heterocycles. The molecule has 26 heavy (non-hydrogen) atoms. The smallest absolute Gasteiger partial charge is 0.229 e. The molecule has 0 aliphatic carbocycles. The van der Waals surface area contributed by atoms with Crippen LogP contribution in [0.4, 0.5) is 5.69 Å². The lowest BCUT2D eigenvalue weighted by Crippen LogP contribution is -2.14. The number of ketones is 1. The topological polar surface area (TPSA) is 107 Å². The fourth-order valence-corrected chi connectivity index (χ4v) is 2.96. The van der Waals surface area contributed by atoms with E-state index < -0.39 is 10.0 Å². The van der Waals surface area contributed by atoms with Crippen molar-refractivity contribution in [3.8, 4) is 11.4 Å². The molecule has 0 amide bonds. The Balaban J connectivity index is 1.72. The summed E-state index contributed by atoms with van der Waals surface area (Å²) in [4.78, 5) is 13.6. The van der Waals surface area contributed by atoms with Gasteiger partial charge in [0.1, 0.15) is 6.54 Å². The Morgan fingerprint density at radius 3 is 2.46 bits per heavy atom. The molecule has 0 fully saturated rings. The van der Waals surface area contributed by atoms with E-state index >= 15 is 0 Å². The van der Waals surface area contributed by atoms with Gasteiger partial charge in [0.25, 0.3) is 0 Å². The molecule has 0 saturated carbocycles. The van der Waals surface area contributed by atoms with Crippen LogP contribution in [0.1, 0.15) is 15.9 Å². The van der Waals surface area contributed by atoms with Crippen LogP contribution in [0.25, 0.3) is 11.4 Å². The molecule has 0 radical (unpaired) electrons. The summed E-state index contributed by atoms with van der Waals surface area (Å²) in [7, 11) is -3.35. The van der Waals surface area contributed by atoms with Crippen molar-refractivity contribution in [3.05, 3.63) is 59.7 Å². The van der Waals surface area contributed by atoms with Crippen molar-refractivity contribution in [3.63, 3.8) is 0 Å². The Hall–Kier alpha value is -3.07. The monoisotopic (exact) mass is 371 g/mol. The van der Waals surface area contributed by atoms with Gasteiger partial charge in [-0.05, 0) is 42.0 Å². The number of benzene rings is 2. The Morgan fingerprint density at radius 1 is 1.12 bits per heavy atom. The molecular weight excluding hydrogens is 354 g/mol. The number of Topliss-reactive ketones (excluding diaryl/α,β-unsaturated/α-hetero) is 1. The SMILES string of the molecule is Cc1ccccc1-c1nnn(CC(=O)c2ccc(NS(C)(=O)=O)cc2)n1. The number of anilines is 1. The molecule has 0 aliphatic heterocycles. The number of rotatable bonds is 6. The first kappa shape index (κ1) is 17.7. The average Bonchev–Trinajstić information content (AvgIpc) is 3.02. The van der Waals surface area contributed by atoms with Crippen molar-refractivity contribution in [2.45, 2.75) is 13.5 Å². The van der Waals surface area contributed by atoms with Crippen molar-refractivity contribution < 1.29 is 13.2 Å². The van der Waals surface area contributed by atoms with Crippen LogP contribution in [-0.4, -0.2) is 40.7 Å². The highest BCUT2D eigenvalue weighted by Crippen LogP contribution is 2.18. The molecule has 1 heterocycles. The number of nitrogens with one attached hydrogen (secondary N) is 1. The number of nitrogens with zero attached hydrogens (tertiary/aromatic N) is 4. The van der Waals surface area contributed by atoms with Gasteiger partial charge in [0, 0.05) is 16.8 Å². The Kier molecular flexibility index (Phi) is 4.81. The highest BCUT2D eigenvalue weighted by molar-refractivity contribution is 7.92. The second-order valence-electron chi connectivity index (χ2n) is 5.83. The van der Waals surface area contributed by atoms with Crippen LogP contribution in [0.15, 0.2) is 48.5 Å². The summed E-state index contributed by atoms with van der Waals surface area (Å²) in [6, 6.07) is 13.8. The van der Waals surface area contributed by atoms with Gasteiger partial charge in [-0.2, -0.15) is 4.80 Å². The van der Waals surface area contributed by atoms with E-state index in [0.29, 0.717) is 17.1 Å². The second-order valence-corrected chi connectivity index (χ2v) is 7.58. The molecule has 0 atom stereocenters. The highest BCUT2D eigenvalue weighted by Gasteiger charge is 2.12. The summed E-state index contributed by atoms with van der Waals surface area (Å²) in [6.07, 6.45) is 1.06. The normalized spacial score (nSPS) is 11.3. The van der Waals surface area contributed by atoms with Gasteiger partial charge in [-0.3, -0.25) is 9.52 Å². The maximum Gasteiger partial charge on any atom is 0.229 e. The van der Waals surface area contributed by atoms with E-state index in [0.717, 1.165) is 17.4 Å². The molecular formula is C17H17N5O3S. The van der Waals surface area contributed by atoms with Crippen LogP contribution in [0.3, 0.4) is 0 Å². The Bertz CT molecular complexity index is 1040. The van der Waals surface area contributed by atoms with Crippen LogP contribution < -0.4 is 4.72 Å². The number of hydrogen-bond acceptors (Lipinski definition) is 6.